The summed E-state index contributed by atoms with van der Waals surface area (Å²) in [6, 6.07) is 6.08. The molecule has 5 rings (SSSR count). The van der Waals surface area contributed by atoms with E-state index in [1.807, 2.05) is 19.9 Å². The third kappa shape index (κ3) is 6.06. The largest absolute Gasteiger partial charge is 0.481 e. The standard InChI is InChI=1S/C36H44N4O5/c1-8-10-13-45-17-25-20(5)26-14-28-19(4)24(11-12-32(41)42)34(39-28)22(7)35-33(36(43)44)21(6)29(40-35)16-30-23(9-2)18(3)27(37-30)15-31(25)38-26/h14-16,19,24,38,40H,8-13,17H2,1-7H3,(H,41,42)(H,43,44)/t19-,24-/m0/s1. The van der Waals surface area contributed by atoms with Crippen molar-refractivity contribution in [2.45, 2.75) is 99.0 Å². The number of aliphatic carboxylic acids is 1. The van der Waals surface area contributed by atoms with E-state index >= 15 is 0 Å². The highest BCUT2D eigenvalue weighted by molar-refractivity contribution is 6.02. The lowest BCUT2D eigenvalue weighted by atomic mass is 9.86. The number of carbonyl (C=O) groups is 2. The quantitative estimate of drug-likeness (QED) is 0.169. The summed E-state index contributed by atoms with van der Waals surface area (Å²) in [7, 11) is 0. The smallest absolute Gasteiger partial charge is 0.338 e. The molecule has 0 radical (unpaired) electrons. The Balaban J connectivity index is 1.91. The maximum Gasteiger partial charge on any atom is 0.338 e. The highest BCUT2D eigenvalue weighted by Crippen LogP contribution is 2.42. The molecule has 9 heteroatoms. The molecule has 0 spiro atoms. The van der Waals surface area contributed by atoms with Gasteiger partial charge in [0.1, 0.15) is 0 Å². The van der Waals surface area contributed by atoms with Gasteiger partial charge in [0.25, 0.3) is 0 Å². The van der Waals surface area contributed by atoms with Crippen LogP contribution in [-0.2, 0) is 16.1 Å². The lowest BCUT2D eigenvalue weighted by Crippen LogP contribution is -2.07. The number of rotatable bonds is 10. The van der Waals surface area contributed by atoms with Crippen molar-refractivity contribution in [2.24, 2.45) is 0 Å². The molecule has 238 valence electrons. The maximum absolute atomic E-state index is 12.6. The molecule has 45 heavy (non-hydrogen) atoms. The van der Waals surface area contributed by atoms with E-state index in [1.165, 1.54) is 0 Å². The summed E-state index contributed by atoms with van der Waals surface area (Å²) in [6.07, 6.45) is 3.21. The van der Waals surface area contributed by atoms with Gasteiger partial charge in [0, 0.05) is 58.4 Å². The second kappa shape index (κ2) is 13.0. The van der Waals surface area contributed by atoms with E-state index in [9.17, 15) is 19.8 Å². The van der Waals surface area contributed by atoms with Crippen LogP contribution in [0.15, 0.2) is 18.2 Å². The maximum atomic E-state index is 12.6. The fourth-order valence-electron chi connectivity index (χ4n) is 6.70. The van der Waals surface area contributed by atoms with Crippen LogP contribution < -0.4 is 0 Å². The number of nitrogens with one attached hydrogen (secondary N) is 2. The average Bonchev–Trinajstić information content (AvgIpc) is 3.67. The summed E-state index contributed by atoms with van der Waals surface area (Å²) >= 11 is 0. The van der Waals surface area contributed by atoms with Crippen LogP contribution in [0.5, 0.6) is 0 Å². The number of carboxylic acid groups (broad SMARTS) is 2. The minimum Gasteiger partial charge on any atom is -0.481 e. The molecule has 0 fully saturated rings. The predicted molar refractivity (Wildman–Crippen MR) is 178 cm³/mol. The zero-order chi connectivity index (χ0) is 32.6. The number of ether oxygens (including phenoxy) is 1. The normalized spacial score (nSPS) is 16.4. The molecule has 0 saturated heterocycles. The van der Waals surface area contributed by atoms with Gasteiger partial charge in [-0.1, -0.05) is 27.2 Å². The molecule has 0 unspecified atom stereocenters. The second-order valence-electron chi connectivity index (χ2n) is 12.3. The summed E-state index contributed by atoms with van der Waals surface area (Å²) < 4.78 is 6.10. The van der Waals surface area contributed by atoms with Crippen LogP contribution >= 0.6 is 0 Å². The second-order valence-corrected chi connectivity index (χ2v) is 12.3. The third-order valence-electron chi connectivity index (χ3n) is 9.54. The summed E-state index contributed by atoms with van der Waals surface area (Å²) in [5, 5.41) is 19.9. The van der Waals surface area contributed by atoms with Crippen LogP contribution in [0.4, 0.5) is 0 Å². The van der Waals surface area contributed by atoms with Crippen molar-refractivity contribution >= 4 is 45.2 Å². The van der Waals surface area contributed by atoms with Crippen molar-refractivity contribution in [3.8, 4) is 0 Å². The van der Waals surface area contributed by atoms with Crippen LogP contribution in [0.1, 0.15) is 127 Å². The van der Waals surface area contributed by atoms with Crippen LogP contribution in [-0.4, -0.2) is 48.7 Å². The molecule has 0 saturated carbocycles. The van der Waals surface area contributed by atoms with E-state index in [-0.39, 0.29) is 23.8 Å². The van der Waals surface area contributed by atoms with Gasteiger partial charge in [0.2, 0.25) is 0 Å². The van der Waals surface area contributed by atoms with E-state index in [2.05, 4.69) is 56.7 Å². The summed E-state index contributed by atoms with van der Waals surface area (Å²) in [4.78, 5) is 41.5. The van der Waals surface area contributed by atoms with Crippen molar-refractivity contribution in [2.75, 3.05) is 6.61 Å². The van der Waals surface area contributed by atoms with Crippen LogP contribution in [0.3, 0.4) is 0 Å². The molecule has 0 aliphatic carbocycles. The lowest BCUT2D eigenvalue weighted by Gasteiger charge is -2.16. The Morgan fingerprint density at radius 1 is 0.911 bits per heavy atom. The molecule has 2 aliphatic rings. The van der Waals surface area contributed by atoms with Crippen molar-refractivity contribution in [1.82, 2.24) is 19.9 Å². The monoisotopic (exact) mass is 612 g/mol. The van der Waals surface area contributed by atoms with Crippen LogP contribution in [0, 0.1) is 20.8 Å². The van der Waals surface area contributed by atoms with Crippen LogP contribution in [0.2, 0.25) is 0 Å². The number of fused-ring (bicyclic) bond motifs is 8. The van der Waals surface area contributed by atoms with Gasteiger partial charge in [-0.05, 0) is 93.0 Å². The molecule has 3 aromatic rings. The first kappa shape index (κ1) is 32.2. The van der Waals surface area contributed by atoms with Gasteiger partial charge in [-0.15, -0.1) is 0 Å². The molecule has 2 atom stereocenters. The Kier molecular flexibility index (Phi) is 9.30. The first-order valence-electron chi connectivity index (χ1n) is 15.9. The predicted octanol–water partition coefficient (Wildman–Crippen LogP) is 8.35. The Bertz CT molecular complexity index is 1860. The molecule has 2 aliphatic heterocycles. The number of carboxylic acids is 2. The van der Waals surface area contributed by atoms with E-state index in [4.69, 9.17) is 14.7 Å². The average molecular weight is 613 g/mol. The van der Waals surface area contributed by atoms with Crippen LogP contribution in [0.25, 0.3) is 33.2 Å². The Labute approximate surface area is 263 Å². The first-order valence-corrected chi connectivity index (χ1v) is 15.9. The van der Waals surface area contributed by atoms with Gasteiger partial charge in [-0.3, -0.25) is 9.78 Å². The number of allylic oxidation sites excluding steroid dienone is 2. The molecule has 5 heterocycles. The molecule has 4 N–H and O–H groups in total. The molecule has 0 amide bonds. The Morgan fingerprint density at radius 2 is 1.62 bits per heavy atom. The number of nitrogens with zero attached hydrogens (tertiary/aromatic N) is 2. The topological polar surface area (TPSA) is 141 Å². The number of aromatic amines is 2. The molecular formula is C36H44N4O5. The van der Waals surface area contributed by atoms with Gasteiger partial charge in [0.15, 0.2) is 0 Å². The molecule has 0 aromatic carbocycles. The number of hydrogen-bond donors (Lipinski definition) is 4. The van der Waals surface area contributed by atoms with Crippen molar-refractivity contribution in [3.05, 3.63) is 68.8 Å². The number of hydrogen-bond acceptors (Lipinski definition) is 5. The van der Waals surface area contributed by atoms with E-state index < -0.39 is 11.9 Å². The van der Waals surface area contributed by atoms with Gasteiger partial charge in [0.05, 0.1) is 29.1 Å². The number of unbranched alkanes of at least 4 members (excludes halogenated alkanes) is 1. The first-order chi connectivity index (χ1) is 21.5. The van der Waals surface area contributed by atoms with Gasteiger partial charge >= 0.3 is 11.9 Å². The van der Waals surface area contributed by atoms with Gasteiger partial charge < -0.3 is 24.9 Å². The van der Waals surface area contributed by atoms with Gasteiger partial charge in [-0.2, -0.15) is 0 Å². The van der Waals surface area contributed by atoms with Gasteiger partial charge in [-0.25, -0.2) is 9.78 Å². The van der Waals surface area contributed by atoms with Crippen molar-refractivity contribution < 1.29 is 24.5 Å². The molecular weight excluding hydrogens is 568 g/mol. The summed E-state index contributed by atoms with van der Waals surface area (Å²) in [6.45, 7) is 15.3. The van der Waals surface area contributed by atoms with E-state index in [0.717, 1.165) is 75.3 Å². The third-order valence-corrected chi connectivity index (χ3v) is 9.54. The number of aromatic nitrogens is 4. The lowest BCUT2D eigenvalue weighted by molar-refractivity contribution is -0.137. The molecule has 9 nitrogen and oxygen atoms in total. The fourth-order valence-corrected chi connectivity index (χ4v) is 6.70. The minimum atomic E-state index is -1.03. The fraction of sp³-hybridized carbons (Fsp3) is 0.444. The minimum absolute atomic E-state index is 0.00699. The van der Waals surface area contributed by atoms with E-state index in [0.29, 0.717) is 41.8 Å². The Morgan fingerprint density at radius 3 is 2.29 bits per heavy atom. The zero-order valence-electron chi connectivity index (χ0n) is 27.4. The van der Waals surface area contributed by atoms with Crippen molar-refractivity contribution in [1.29, 1.82) is 0 Å². The number of aromatic carboxylic acids is 1. The summed E-state index contributed by atoms with van der Waals surface area (Å²) in [5.74, 6) is -2.16. The van der Waals surface area contributed by atoms with Crippen molar-refractivity contribution in [3.63, 3.8) is 0 Å². The Hall–Kier alpha value is -4.24. The number of aryl methyl sites for hydroxylation is 3. The molecule has 8 bridgehead atoms. The highest BCUT2D eigenvalue weighted by Gasteiger charge is 2.32. The zero-order valence-corrected chi connectivity index (χ0v) is 27.4. The highest BCUT2D eigenvalue weighted by atomic mass is 16.5. The summed E-state index contributed by atoms with van der Waals surface area (Å²) in [5.41, 5.74) is 12.1. The molecule has 3 aromatic heterocycles. The number of H-pyrrole nitrogens is 2. The van der Waals surface area contributed by atoms with E-state index in [1.54, 1.807) is 0 Å². The SMILES string of the molecule is CCCCOCc1c(C)c2cc3nc(c(C)c4[nH]c(cc5nc(cc1[nH]2)C(C)=C5CC)c(C)c4C(=O)O)[C@@H](CCC(=O)O)[C@@H]3C.